The fourth-order valence-electron chi connectivity index (χ4n) is 1.97. The number of rotatable bonds is 1. The Morgan fingerprint density at radius 1 is 0.947 bits per heavy atom. The van der Waals surface area contributed by atoms with Crippen LogP contribution in [0.25, 0.3) is 22.1 Å². The summed E-state index contributed by atoms with van der Waals surface area (Å²) in [5.41, 5.74) is 0.197. The standard InChI is InChI=1S/C15H8F2O2/c16-9-5-6-10(13(17)7-9)12-8-19-14-4-2-1-3-11(14)15(12)18/h1-8H. The number of benzene rings is 2. The van der Waals surface area contributed by atoms with E-state index in [1.54, 1.807) is 24.3 Å². The zero-order chi connectivity index (χ0) is 13.4. The lowest BCUT2D eigenvalue weighted by Crippen LogP contribution is -2.05. The van der Waals surface area contributed by atoms with Crippen LogP contribution in [-0.4, -0.2) is 0 Å². The Morgan fingerprint density at radius 2 is 1.74 bits per heavy atom. The van der Waals surface area contributed by atoms with E-state index in [0.29, 0.717) is 11.0 Å². The molecule has 0 saturated carbocycles. The minimum atomic E-state index is -0.789. The van der Waals surface area contributed by atoms with Gasteiger partial charge in [-0.3, -0.25) is 4.79 Å². The van der Waals surface area contributed by atoms with Crippen molar-refractivity contribution in [1.82, 2.24) is 0 Å². The molecule has 1 aromatic heterocycles. The van der Waals surface area contributed by atoms with Gasteiger partial charge in [-0.2, -0.15) is 0 Å². The summed E-state index contributed by atoms with van der Waals surface area (Å²) in [7, 11) is 0. The summed E-state index contributed by atoms with van der Waals surface area (Å²) in [6.07, 6.45) is 1.20. The van der Waals surface area contributed by atoms with Gasteiger partial charge in [-0.05, 0) is 24.3 Å². The molecule has 0 atom stereocenters. The quantitative estimate of drug-likeness (QED) is 0.665. The maximum Gasteiger partial charge on any atom is 0.200 e. The van der Waals surface area contributed by atoms with Crippen molar-refractivity contribution in [2.75, 3.05) is 0 Å². The third kappa shape index (κ3) is 1.91. The highest BCUT2D eigenvalue weighted by molar-refractivity contribution is 5.81. The van der Waals surface area contributed by atoms with Crippen LogP contribution in [0.4, 0.5) is 8.78 Å². The Balaban J connectivity index is 2.31. The Bertz CT molecular complexity index is 822. The van der Waals surface area contributed by atoms with Crippen LogP contribution in [-0.2, 0) is 0 Å². The van der Waals surface area contributed by atoms with Gasteiger partial charge in [0.1, 0.15) is 23.5 Å². The van der Waals surface area contributed by atoms with Crippen LogP contribution in [0.1, 0.15) is 0 Å². The first kappa shape index (κ1) is 11.6. The van der Waals surface area contributed by atoms with E-state index in [1.807, 2.05) is 0 Å². The van der Waals surface area contributed by atoms with Crippen molar-refractivity contribution in [2.45, 2.75) is 0 Å². The predicted octanol–water partition coefficient (Wildman–Crippen LogP) is 3.74. The van der Waals surface area contributed by atoms with Crippen molar-refractivity contribution >= 4 is 11.0 Å². The Kier molecular flexibility index (Phi) is 2.63. The van der Waals surface area contributed by atoms with E-state index in [1.165, 1.54) is 12.3 Å². The summed E-state index contributed by atoms with van der Waals surface area (Å²) in [6.45, 7) is 0. The molecule has 0 unspecified atom stereocenters. The highest BCUT2D eigenvalue weighted by atomic mass is 19.1. The van der Waals surface area contributed by atoms with Crippen molar-refractivity contribution in [3.8, 4) is 11.1 Å². The SMILES string of the molecule is O=c1c(-c2ccc(F)cc2F)coc2ccccc12. The van der Waals surface area contributed by atoms with Gasteiger partial charge in [-0.15, -0.1) is 0 Å². The van der Waals surface area contributed by atoms with Gasteiger partial charge < -0.3 is 4.42 Å². The molecule has 2 nitrogen and oxygen atoms in total. The second kappa shape index (κ2) is 4.31. The lowest BCUT2D eigenvalue weighted by atomic mass is 10.1. The normalized spacial score (nSPS) is 10.8. The fraction of sp³-hybridized carbons (Fsp3) is 0. The van der Waals surface area contributed by atoms with Crippen molar-refractivity contribution in [2.24, 2.45) is 0 Å². The Labute approximate surface area is 106 Å². The van der Waals surface area contributed by atoms with Gasteiger partial charge in [0, 0.05) is 11.6 Å². The zero-order valence-electron chi connectivity index (χ0n) is 9.69. The summed E-state index contributed by atoms with van der Waals surface area (Å²) in [5.74, 6) is -1.48. The molecule has 0 spiro atoms. The van der Waals surface area contributed by atoms with Crippen LogP contribution in [0.5, 0.6) is 0 Å². The number of para-hydroxylation sites is 1. The molecule has 0 fully saturated rings. The summed E-state index contributed by atoms with van der Waals surface area (Å²) >= 11 is 0. The topological polar surface area (TPSA) is 30.2 Å². The van der Waals surface area contributed by atoms with Gasteiger partial charge in [0.25, 0.3) is 0 Å². The first-order valence-electron chi connectivity index (χ1n) is 5.63. The molecule has 0 N–H and O–H groups in total. The minimum Gasteiger partial charge on any atom is -0.463 e. The zero-order valence-corrected chi connectivity index (χ0v) is 9.69. The van der Waals surface area contributed by atoms with Crippen molar-refractivity contribution in [3.05, 3.63) is 70.6 Å². The average Bonchev–Trinajstić information content (AvgIpc) is 2.41. The average molecular weight is 258 g/mol. The summed E-state index contributed by atoms with van der Waals surface area (Å²) in [5, 5.41) is 0.365. The highest BCUT2D eigenvalue weighted by Gasteiger charge is 2.13. The smallest absolute Gasteiger partial charge is 0.200 e. The summed E-state index contributed by atoms with van der Waals surface area (Å²) < 4.78 is 31.9. The molecule has 0 aliphatic rings. The first-order chi connectivity index (χ1) is 9.16. The van der Waals surface area contributed by atoms with Crippen LogP contribution in [0.3, 0.4) is 0 Å². The molecule has 0 aliphatic heterocycles. The van der Waals surface area contributed by atoms with E-state index in [9.17, 15) is 13.6 Å². The monoisotopic (exact) mass is 258 g/mol. The molecule has 0 aliphatic carbocycles. The lowest BCUT2D eigenvalue weighted by molar-refractivity contribution is 0.582. The van der Waals surface area contributed by atoms with Crippen LogP contribution in [0.15, 0.2) is 57.9 Å². The number of fused-ring (bicyclic) bond motifs is 1. The van der Waals surface area contributed by atoms with Crippen LogP contribution < -0.4 is 5.43 Å². The van der Waals surface area contributed by atoms with Gasteiger partial charge in [0.2, 0.25) is 5.43 Å². The molecule has 19 heavy (non-hydrogen) atoms. The van der Waals surface area contributed by atoms with Crippen LogP contribution in [0.2, 0.25) is 0 Å². The molecule has 0 bridgehead atoms. The molecule has 0 saturated heterocycles. The molecule has 0 radical (unpaired) electrons. The van der Waals surface area contributed by atoms with Gasteiger partial charge in [0.05, 0.1) is 10.9 Å². The third-order valence-electron chi connectivity index (χ3n) is 2.90. The van der Waals surface area contributed by atoms with E-state index in [0.717, 1.165) is 12.1 Å². The Morgan fingerprint density at radius 3 is 2.53 bits per heavy atom. The minimum absolute atomic E-state index is 0.0286. The number of hydrogen-bond donors (Lipinski definition) is 0. The van der Waals surface area contributed by atoms with E-state index in [-0.39, 0.29) is 16.6 Å². The van der Waals surface area contributed by atoms with Gasteiger partial charge in [-0.25, -0.2) is 8.78 Å². The van der Waals surface area contributed by atoms with Gasteiger partial charge in [-0.1, -0.05) is 12.1 Å². The van der Waals surface area contributed by atoms with Gasteiger partial charge in [0.15, 0.2) is 0 Å². The second-order valence-electron chi connectivity index (χ2n) is 4.10. The number of halogens is 2. The summed E-state index contributed by atoms with van der Waals surface area (Å²) in [6, 6.07) is 9.77. The predicted molar refractivity (Wildman–Crippen MR) is 67.8 cm³/mol. The maximum atomic E-state index is 13.7. The molecule has 94 valence electrons. The van der Waals surface area contributed by atoms with Crippen molar-refractivity contribution < 1.29 is 13.2 Å². The van der Waals surface area contributed by atoms with E-state index in [4.69, 9.17) is 4.42 Å². The highest BCUT2D eigenvalue weighted by Crippen LogP contribution is 2.22. The maximum absolute atomic E-state index is 13.7. The van der Waals surface area contributed by atoms with Gasteiger partial charge >= 0.3 is 0 Å². The second-order valence-corrected chi connectivity index (χ2v) is 4.10. The third-order valence-corrected chi connectivity index (χ3v) is 2.90. The van der Waals surface area contributed by atoms with E-state index < -0.39 is 11.6 Å². The Hall–Kier alpha value is -2.49. The van der Waals surface area contributed by atoms with Crippen molar-refractivity contribution in [1.29, 1.82) is 0 Å². The molecule has 4 heteroatoms. The van der Waals surface area contributed by atoms with Crippen LogP contribution in [0, 0.1) is 11.6 Å². The number of hydrogen-bond acceptors (Lipinski definition) is 2. The molecule has 0 amide bonds. The van der Waals surface area contributed by atoms with E-state index >= 15 is 0 Å². The fourth-order valence-corrected chi connectivity index (χ4v) is 1.97. The summed E-state index contributed by atoms with van der Waals surface area (Å²) in [4.78, 5) is 12.2. The van der Waals surface area contributed by atoms with Crippen molar-refractivity contribution in [3.63, 3.8) is 0 Å². The molecule has 3 aromatic rings. The van der Waals surface area contributed by atoms with Crippen LogP contribution >= 0.6 is 0 Å². The molecule has 3 rings (SSSR count). The largest absolute Gasteiger partial charge is 0.463 e. The lowest BCUT2D eigenvalue weighted by Gasteiger charge is -2.04. The molecule has 2 aromatic carbocycles. The van der Waals surface area contributed by atoms with E-state index in [2.05, 4.69) is 0 Å². The molecule has 1 heterocycles. The molecular weight excluding hydrogens is 250 g/mol. The first-order valence-corrected chi connectivity index (χ1v) is 5.63. The molecular formula is C15H8F2O2.